The summed E-state index contributed by atoms with van der Waals surface area (Å²) in [6.07, 6.45) is 8.36. The van der Waals surface area contributed by atoms with Gasteiger partial charge in [0, 0.05) is 12.6 Å². The highest BCUT2D eigenvalue weighted by Crippen LogP contribution is 2.37. The number of thioether (sulfide) groups is 1. The zero-order valence-electron chi connectivity index (χ0n) is 12.6. The summed E-state index contributed by atoms with van der Waals surface area (Å²) in [6, 6.07) is 0.448. The van der Waals surface area contributed by atoms with Gasteiger partial charge in [-0.05, 0) is 37.9 Å². The lowest BCUT2D eigenvalue weighted by Crippen LogP contribution is -2.37. The number of nitrogens with one attached hydrogen (secondary N) is 1. The third-order valence-corrected chi connectivity index (χ3v) is 5.41. The van der Waals surface area contributed by atoms with E-state index in [2.05, 4.69) is 10.3 Å². The number of carbonyl (C=O) groups is 1. The monoisotopic (exact) mass is 312 g/mol. The maximum absolute atomic E-state index is 12.2. The van der Waals surface area contributed by atoms with E-state index in [0.717, 1.165) is 11.6 Å². The minimum atomic E-state index is -0.884. The van der Waals surface area contributed by atoms with Crippen molar-refractivity contribution in [3.8, 4) is 0 Å². The number of carbonyl (C=O) groups excluding carboxylic acids is 1. The molecule has 1 N–H and O–H groups in total. The Bertz CT molecular complexity index is 415. The zero-order chi connectivity index (χ0) is 14.7. The van der Waals surface area contributed by atoms with E-state index < -0.39 is 4.93 Å². The van der Waals surface area contributed by atoms with E-state index in [9.17, 15) is 4.79 Å². The van der Waals surface area contributed by atoms with Crippen molar-refractivity contribution in [2.24, 2.45) is 4.99 Å². The lowest BCUT2D eigenvalue weighted by atomic mass is 10.1. The molecule has 2 aliphatic heterocycles. The fourth-order valence-electron chi connectivity index (χ4n) is 3.10. The molecule has 118 valence electrons. The van der Waals surface area contributed by atoms with E-state index in [1.807, 2.05) is 6.92 Å². The molecule has 0 radical (unpaired) electrons. The van der Waals surface area contributed by atoms with Crippen LogP contribution in [0.25, 0.3) is 0 Å². The molecule has 2 fully saturated rings. The van der Waals surface area contributed by atoms with Gasteiger partial charge in [-0.15, -0.1) is 0 Å². The normalized spacial score (nSPS) is 34.8. The second kappa shape index (κ2) is 6.67. The summed E-state index contributed by atoms with van der Waals surface area (Å²) < 4.78 is 11.3. The number of ether oxygens (including phenoxy) is 2. The van der Waals surface area contributed by atoms with Crippen LogP contribution in [-0.4, -0.2) is 41.4 Å². The summed E-state index contributed by atoms with van der Waals surface area (Å²) in [5.74, 6) is -0.185. The van der Waals surface area contributed by atoms with Crippen LogP contribution >= 0.6 is 11.8 Å². The largest absolute Gasteiger partial charge is 0.379 e. The number of amidine groups is 1. The fourth-order valence-corrected chi connectivity index (χ4v) is 4.14. The Morgan fingerprint density at radius 1 is 1.29 bits per heavy atom. The van der Waals surface area contributed by atoms with Crippen molar-refractivity contribution in [3.63, 3.8) is 0 Å². The third kappa shape index (κ3) is 3.79. The standard InChI is InChI=1S/C15H24N2O3S/c1-15(20-12-8-9-19-10-12)13(18)17-14(21-15)16-11-6-4-2-3-5-7-11/h11-12H,2-10H2,1H3,(H,16,17,18). The Morgan fingerprint density at radius 3 is 2.71 bits per heavy atom. The number of hydrogen-bond acceptors (Lipinski definition) is 5. The summed E-state index contributed by atoms with van der Waals surface area (Å²) >= 11 is 1.42. The van der Waals surface area contributed by atoms with Crippen molar-refractivity contribution < 1.29 is 14.3 Å². The quantitative estimate of drug-likeness (QED) is 0.811. The Morgan fingerprint density at radius 2 is 2.05 bits per heavy atom. The van der Waals surface area contributed by atoms with Crippen LogP contribution in [0.5, 0.6) is 0 Å². The summed E-state index contributed by atoms with van der Waals surface area (Å²) in [5.41, 5.74) is 0. The Labute approximate surface area is 130 Å². The smallest absolute Gasteiger partial charge is 0.291 e. The van der Waals surface area contributed by atoms with Crippen LogP contribution in [0.2, 0.25) is 0 Å². The Balaban J connectivity index is 1.55. The Kier molecular flexibility index (Phi) is 4.86. The Hall–Kier alpha value is -0.590. The predicted octanol–water partition coefficient (Wildman–Crippen LogP) is 2.45. The van der Waals surface area contributed by atoms with Crippen LogP contribution in [-0.2, 0) is 14.3 Å². The van der Waals surface area contributed by atoms with Crippen LogP contribution < -0.4 is 5.32 Å². The SMILES string of the molecule is CC1(OC2CCOC2)SC(NC2CCCCCC2)=NC1=O. The van der Waals surface area contributed by atoms with Gasteiger partial charge in [-0.25, -0.2) is 0 Å². The number of nitrogens with zero attached hydrogens (tertiary/aromatic N) is 1. The van der Waals surface area contributed by atoms with Gasteiger partial charge in [0.05, 0.1) is 12.7 Å². The first-order valence-electron chi connectivity index (χ1n) is 8.00. The molecular formula is C15H24N2O3S. The zero-order valence-corrected chi connectivity index (χ0v) is 13.4. The summed E-state index contributed by atoms with van der Waals surface area (Å²) in [5, 5.41) is 4.18. The molecule has 0 aromatic rings. The topological polar surface area (TPSA) is 59.9 Å². The number of rotatable bonds is 3. The molecule has 2 atom stereocenters. The first-order valence-corrected chi connectivity index (χ1v) is 8.81. The fraction of sp³-hybridized carbons (Fsp3) is 0.867. The number of hydrogen-bond donors (Lipinski definition) is 1. The maximum Gasteiger partial charge on any atom is 0.291 e. The lowest BCUT2D eigenvalue weighted by molar-refractivity contribution is -0.134. The number of aliphatic imine (C=N–C) groups is 1. The average Bonchev–Trinajstić information content (AvgIpc) is 2.93. The summed E-state index contributed by atoms with van der Waals surface area (Å²) in [7, 11) is 0. The predicted molar refractivity (Wildman–Crippen MR) is 83.4 cm³/mol. The third-order valence-electron chi connectivity index (χ3n) is 4.35. The molecule has 3 rings (SSSR count). The molecule has 1 saturated carbocycles. The van der Waals surface area contributed by atoms with Crippen molar-refractivity contribution in [1.29, 1.82) is 0 Å². The van der Waals surface area contributed by atoms with Gasteiger partial charge in [0.25, 0.3) is 5.91 Å². The molecule has 5 nitrogen and oxygen atoms in total. The second-order valence-electron chi connectivity index (χ2n) is 6.21. The number of amides is 1. The molecule has 1 aliphatic carbocycles. The molecule has 0 aromatic carbocycles. The van der Waals surface area contributed by atoms with Crippen molar-refractivity contribution in [2.45, 2.75) is 68.9 Å². The van der Waals surface area contributed by atoms with E-state index in [-0.39, 0.29) is 12.0 Å². The molecule has 0 spiro atoms. The van der Waals surface area contributed by atoms with Crippen molar-refractivity contribution in [3.05, 3.63) is 0 Å². The van der Waals surface area contributed by atoms with Gasteiger partial charge in [-0.1, -0.05) is 25.7 Å². The molecule has 2 heterocycles. The minimum absolute atomic E-state index is 0.0129. The molecule has 0 bridgehead atoms. The highest BCUT2D eigenvalue weighted by atomic mass is 32.2. The van der Waals surface area contributed by atoms with E-state index in [4.69, 9.17) is 9.47 Å². The van der Waals surface area contributed by atoms with Crippen molar-refractivity contribution >= 4 is 22.8 Å². The molecule has 6 heteroatoms. The van der Waals surface area contributed by atoms with Crippen LogP contribution in [0.15, 0.2) is 4.99 Å². The lowest BCUT2D eigenvalue weighted by Gasteiger charge is -2.25. The van der Waals surface area contributed by atoms with Gasteiger partial charge in [0.15, 0.2) is 10.1 Å². The molecule has 3 aliphatic rings. The van der Waals surface area contributed by atoms with Gasteiger partial charge in [0.1, 0.15) is 0 Å². The molecule has 1 amide bonds. The van der Waals surface area contributed by atoms with Crippen LogP contribution in [0.1, 0.15) is 51.9 Å². The van der Waals surface area contributed by atoms with Gasteiger partial charge in [-0.2, -0.15) is 4.99 Å². The van der Waals surface area contributed by atoms with Crippen LogP contribution in [0.4, 0.5) is 0 Å². The van der Waals surface area contributed by atoms with E-state index in [1.165, 1.54) is 50.3 Å². The first-order chi connectivity index (χ1) is 10.2. The van der Waals surface area contributed by atoms with Gasteiger partial charge in [-0.3, -0.25) is 4.79 Å². The minimum Gasteiger partial charge on any atom is -0.379 e. The highest BCUT2D eigenvalue weighted by Gasteiger charge is 2.45. The summed E-state index contributed by atoms with van der Waals surface area (Å²) in [6.45, 7) is 3.12. The van der Waals surface area contributed by atoms with E-state index in [1.54, 1.807) is 0 Å². The van der Waals surface area contributed by atoms with Crippen molar-refractivity contribution in [2.75, 3.05) is 13.2 Å². The van der Waals surface area contributed by atoms with E-state index in [0.29, 0.717) is 19.3 Å². The molecule has 0 aromatic heterocycles. The molecule has 1 saturated heterocycles. The molecular weight excluding hydrogens is 288 g/mol. The van der Waals surface area contributed by atoms with Crippen LogP contribution in [0, 0.1) is 0 Å². The molecule has 2 unspecified atom stereocenters. The first kappa shape index (κ1) is 15.3. The van der Waals surface area contributed by atoms with E-state index >= 15 is 0 Å². The molecule has 21 heavy (non-hydrogen) atoms. The van der Waals surface area contributed by atoms with Gasteiger partial charge in [0.2, 0.25) is 0 Å². The van der Waals surface area contributed by atoms with Crippen molar-refractivity contribution in [1.82, 2.24) is 5.32 Å². The second-order valence-corrected chi connectivity index (χ2v) is 7.58. The maximum atomic E-state index is 12.2. The van der Waals surface area contributed by atoms with Crippen LogP contribution in [0.3, 0.4) is 0 Å². The highest BCUT2D eigenvalue weighted by molar-refractivity contribution is 8.16. The summed E-state index contributed by atoms with van der Waals surface area (Å²) in [4.78, 5) is 15.5. The van der Waals surface area contributed by atoms with Gasteiger partial charge >= 0.3 is 0 Å². The average molecular weight is 312 g/mol. The van der Waals surface area contributed by atoms with Gasteiger partial charge < -0.3 is 14.8 Å².